The molecule has 3 N–H and O–H groups in total. The van der Waals surface area contributed by atoms with E-state index in [0.29, 0.717) is 11.6 Å². The van der Waals surface area contributed by atoms with Crippen molar-refractivity contribution in [2.24, 2.45) is 5.73 Å². The van der Waals surface area contributed by atoms with E-state index in [2.05, 4.69) is 32.3 Å². The number of aromatic nitrogens is 4. The fourth-order valence-corrected chi connectivity index (χ4v) is 2.03. The van der Waals surface area contributed by atoms with Gasteiger partial charge in [0.15, 0.2) is 5.82 Å². The van der Waals surface area contributed by atoms with Crippen molar-refractivity contribution in [2.45, 2.75) is 12.5 Å². The highest BCUT2D eigenvalue weighted by molar-refractivity contribution is 5.52. The summed E-state index contributed by atoms with van der Waals surface area (Å²) >= 11 is 0. The predicted molar refractivity (Wildman–Crippen MR) is 76.7 cm³/mol. The minimum atomic E-state index is -0.199. The Bertz CT molecular complexity index is 663. The van der Waals surface area contributed by atoms with E-state index < -0.39 is 0 Å². The summed E-state index contributed by atoms with van der Waals surface area (Å²) in [5.41, 5.74) is 8.23. The zero-order valence-electron chi connectivity index (χ0n) is 10.9. The number of hydrogen-bond donors (Lipinski definition) is 2. The largest absolute Gasteiger partial charge is 0.321 e. The fourth-order valence-electron chi connectivity index (χ4n) is 2.03. The smallest absolute Gasteiger partial charge is 0.182 e. The van der Waals surface area contributed by atoms with E-state index in [0.717, 1.165) is 12.0 Å². The topological polar surface area (TPSA) is 80.5 Å². The summed E-state index contributed by atoms with van der Waals surface area (Å²) in [5, 5.41) is 7.10. The van der Waals surface area contributed by atoms with Gasteiger partial charge in [-0.1, -0.05) is 30.3 Å². The Morgan fingerprint density at radius 2 is 1.95 bits per heavy atom. The molecule has 0 unspecified atom stereocenters. The maximum atomic E-state index is 6.17. The van der Waals surface area contributed by atoms with E-state index in [1.807, 2.05) is 30.3 Å². The molecule has 5 heteroatoms. The molecular weight excluding hydrogens is 250 g/mol. The Morgan fingerprint density at radius 1 is 1.10 bits per heavy atom. The van der Waals surface area contributed by atoms with Gasteiger partial charge in [-0.25, -0.2) is 4.98 Å². The highest BCUT2D eigenvalue weighted by Gasteiger charge is 2.13. The number of aromatic amines is 1. The number of hydrogen-bond acceptors (Lipinski definition) is 4. The lowest BCUT2D eigenvalue weighted by atomic mass is 10.1. The van der Waals surface area contributed by atoms with E-state index in [9.17, 15) is 0 Å². The summed E-state index contributed by atoms with van der Waals surface area (Å²) in [4.78, 5) is 8.50. The van der Waals surface area contributed by atoms with Crippen molar-refractivity contribution in [1.82, 2.24) is 20.2 Å². The average Bonchev–Trinajstić information content (AvgIpc) is 2.99. The molecule has 2 heterocycles. The summed E-state index contributed by atoms with van der Waals surface area (Å²) in [6, 6.07) is 13.7. The van der Waals surface area contributed by atoms with Gasteiger partial charge >= 0.3 is 0 Å². The lowest BCUT2D eigenvalue weighted by Crippen LogP contribution is -2.15. The van der Waals surface area contributed by atoms with Crippen LogP contribution in [0.15, 0.2) is 54.9 Å². The van der Waals surface area contributed by atoms with Gasteiger partial charge in [-0.15, -0.1) is 0 Å². The fraction of sp³-hybridized carbons (Fsp3) is 0.133. The maximum absolute atomic E-state index is 6.17. The van der Waals surface area contributed by atoms with Gasteiger partial charge in [0.05, 0.1) is 6.04 Å². The Labute approximate surface area is 116 Å². The van der Waals surface area contributed by atoms with Crippen molar-refractivity contribution >= 4 is 0 Å². The van der Waals surface area contributed by atoms with Gasteiger partial charge in [0.2, 0.25) is 0 Å². The van der Waals surface area contributed by atoms with E-state index in [1.54, 1.807) is 12.4 Å². The minimum absolute atomic E-state index is 0.199. The molecule has 0 aliphatic carbocycles. The van der Waals surface area contributed by atoms with Crippen LogP contribution in [0.1, 0.15) is 17.4 Å². The second kappa shape index (κ2) is 5.63. The van der Waals surface area contributed by atoms with Crippen molar-refractivity contribution in [2.75, 3.05) is 0 Å². The number of benzene rings is 1. The van der Waals surface area contributed by atoms with Crippen LogP contribution in [0.3, 0.4) is 0 Å². The van der Waals surface area contributed by atoms with Crippen molar-refractivity contribution in [3.8, 4) is 11.4 Å². The third-order valence-electron chi connectivity index (χ3n) is 3.07. The van der Waals surface area contributed by atoms with Crippen LogP contribution in [0, 0.1) is 0 Å². The van der Waals surface area contributed by atoms with Gasteiger partial charge in [-0.2, -0.15) is 5.10 Å². The molecule has 0 saturated heterocycles. The molecule has 100 valence electrons. The third kappa shape index (κ3) is 2.73. The second-order valence-electron chi connectivity index (χ2n) is 4.58. The first-order valence-electron chi connectivity index (χ1n) is 6.45. The second-order valence-corrected chi connectivity index (χ2v) is 4.58. The quantitative estimate of drug-likeness (QED) is 0.757. The molecule has 5 nitrogen and oxygen atoms in total. The molecular formula is C15H15N5. The molecule has 2 aromatic heterocycles. The molecule has 20 heavy (non-hydrogen) atoms. The lowest BCUT2D eigenvalue weighted by molar-refractivity contribution is 0.671. The number of nitrogens with one attached hydrogen (secondary N) is 1. The highest BCUT2D eigenvalue weighted by atomic mass is 15.2. The SMILES string of the molecule is N[C@@H](Cc1ccccc1)c1nc(-c2cccnc2)n[nH]1. The Hall–Kier alpha value is -2.53. The molecule has 0 amide bonds. The number of H-pyrrole nitrogens is 1. The predicted octanol–water partition coefficient (Wildman–Crippen LogP) is 2.11. The van der Waals surface area contributed by atoms with Crippen molar-refractivity contribution < 1.29 is 0 Å². The van der Waals surface area contributed by atoms with Crippen LogP contribution in [0.4, 0.5) is 0 Å². The molecule has 0 aliphatic rings. The van der Waals surface area contributed by atoms with Gasteiger partial charge in [-0.05, 0) is 24.1 Å². The van der Waals surface area contributed by atoms with E-state index in [4.69, 9.17) is 5.73 Å². The van der Waals surface area contributed by atoms with Gasteiger partial charge in [0.1, 0.15) is 5.82 Å². The van der Waals surface area contributed by atoms with E-state index in [1.165, 1.54) is 5.56 Å². The van der Waals surface area contributed by atoms with Gasteiger partial charge in [-0.3, -0.25) is 10.1 Å². The molecule has 0 fully saturated rings. The van der Waals surface area contributed by atoms with Crippen LogP contribution < -0.4 is 5.73 Å². The van der Waals surface area contributed by atoms with Crippen molar-refractivity contribution in [3.05, 3.63) is 66.2 Å². The summed E-state index contributed by atoms with van der Waals surface area (Å²) in [6.45, 7) is 0. The first-order valence-corrected chi connectivity index (χ1v) is 6.45. The number of nitrogens with two attached hydrogens (primary N) is 1. The molecule has 0 bridgehead atoms. The summed E-state index contributed by atoms with van der Waals surface area (Å²) in [6.07, 6.45) is 4.18. The van der Waals surface area contributed by atoms with Crippen LogP contribution >= 0.6 is 0 Å². The molecule has 0 aliphatic heterocycles. The number of pyridine rings is 1. The molecule has 0 radical (unpaired) electrons. The number of rotatable bonds is 4. The first-order chi connectivity index (χ1) is 9.83. The van der Waals surface area contributed by atoms with Crippen LogP contribution in [0.2, 0.25) is 0 Å². The maximum Gasteiger partial charge on any atom is 0.182 e. The summed E-state index contributed by atoms with van der Waals surface area (Å²) < 4.78 is 0. The zero-order valence-corrected chi connectivity index (χ0v) is 10.9. The standard InChI is InChI=1S/C15H15N5/c16-13(9-11-5-2-1-3-6-11)15-18-14(19-20-15)12-7-4-8-17-10-12/h1-8,10,13H,9,16H2,(H,18,19,20)/t13-/m0/s1. The number of nitrogens with zero attached hydrogens (tertiary/aromatic N) is 3. The van der Waals surface area contributed by atoms with E-state index in [-0.39, 0.29) is 6.04 Å². The molecule has 0 spiro atoms. The van der Waals surface area contributed by atoms with Crippen LogP contribution in [0.5, 0.6) is 0 Å². The minimum Gasteiger partial charge on any atom is -0.321 e. The Balaban J connectivity index is 1.77. The average molecular weight is 265 g/mol. The Morgan fingerprint density at radius 3 is 2.70 bits per heavy atom. The molecule has 3 rings (SSSR count). The first kappa shape index (κ1) is 12.5. The van der Waals surface area contributed by atoms with E-state index >= 15 is 0 Å². The molecule has 0 saturated carbocycles. The van der Waals surface area contributed by atoms with Gasteiger partial charge < -0.3 is 5.73 Å². The Kier molecular flexibility index (Phi) is 3.52. The summed E-state index contributed by atoms with van der Waals surface area (Å²) in [5.74, 6) is 1.31. The van der Waals surface area contributed by atoms with Crippen molar-refractivity contribution in [3.63, 3.8) is 0 Å². The zero-order chi connectivity index (χ0) is 13.8. The lowest BCUT2D eigenvalue weighted by Gasteiger charge is -2.07. The van der Waals surface area contributed by atoms with Gasteiger partial charge in [0, 0.05) is 18.0 Å². The van der Waals surface area contributed by atoms with Crippen LogP contribution in [-0.4, -0.2) is 20.2 Å². The highest BCUT2D eigenvalue weighted by Crippen LogP contribution is 2.17. The van der Waals surface area contributed by atoms with Crippen molar-refractivity contribution in [1.29, 1.82) is 0 Å². The molecule has 3 aromatic rings. The van der Waals surface area contributed by atoms with Crippen LogP contribution in [0.25, 0.3) is 11.4 Å². The van der Waals surface area contributed by atoms with Gasteiger partial charge in [0.25, 0.3) is 0 Å². The monoisotopic (exact) mass is 265 g/mol. The van der Waals surface area contributed by atoms with Crippen LogP contribution in [-0.2, 0) is 6.42 Å². The third-order valence-corrected chi connectivity index (χ3v) is 3.07. The normalized spacial score (nSPS) is 12.2. The molecule has 1 atom stereocenters. The molecule has 1 aromatic carbocycles. The summed E-state index contributed by atoms with van der Waals surface area (Å²) in [7, 11) is 0.